The van der Waals surface area contributed by atoms with Crippen LogP contribution in [0.1, 0.15) is 23.0 Å². The zero-order valence-corrected chi connectivity index (χ0v) is 17.4. The van der Waals surface area contributed by atoms with Gasteiger partial charge in [0.05, 0.1) is 0 Å². The molecule has 0 unspecified atom stereocenters. The Bertz CT molecular complexity index is 1110. The molecule has 3 aromatic rings. The molecule has 0 atom stereocenters. The maximum Gasteiger partial charge on any atom is 0.421 e. The van der Waals surface area contributed by atoms with Gasteiger partial charge in [-0.15, -0.1) is 0 Å². The number of amides is 2. The fourth-order valence-corrected chi connectivity index (χ4v) is 2.66. The van der Waals surface area contributed by atoms with Crippen molar-refractivity contribution < 1.29 is 22.8 Å². The van der Waals surface area contributed by atoms with Crippen molar-refractivity contribution in [3.8, 4) is 0 Å². The second-order valence-corrected chi connectivity index (χ2v) is 6.73. The lowest BCUT2D eigenvalue weighted by molar-refractivity contribution is -0.137. The van der Waals surface area contributed by atoms with Crippen molar-refractivity contribution in [3.05, 3.63) is 66.1 Å². The summed E-state index contributed by atoms with van der Waals surface area (Å²) in [6.45, 7) is 1.48. The van der Waals surface area contributed by atoms with Gasteiger partial charge in [0.2, 0.25) is 11.9 Å². The van der Waals surface area contributed by atoms with E-state index in [2.05, 4.69) is 36.2 Å². The number of aromatic nitrogens is 3. The lowest BCUT2D eigenvalue weighted by Crippen LogP contribution is -2.27. The maximum absolute atomic E-state index is 13.3. The quantitative estimate of drug-likeness (QED) is 0.381. The number of benzene rings is 1. The van der Waals surface area contributed by atoms with Gasteiger partial charge in [0, 0.05) is 43.8 Å². The van der Waals surface area contributed by atoms with Crippen molar-refractivity contribution in [2.45, 2.75) is 13.1 Å². The van der Waals surface area contributed by atoms with E-state index in [-0.39, 0.29) is 36.5 Å². The molecule has 0 radical (unpaired) electrons. The van der Waals surface area contributed by atoms with Gasteiger partial charge in [-0.3, -0.25) is 14.6 Å². The summed E-state index contributed by atoms with van der Waals surface area (Å²) in [7, 11) is 0. The third-order valence-corrected chi connectivity index (χ3v) is 4.18. The molecule has 2 aromatic heterocycles. The average Bonchev–Trinajstić information content (AvgIpc) is 2.78. The first-order valence-corrected chi connectivity index (χ1v) is 9.74. The summed E-state index contributed by atoms with van der Waals surface area (Å²) in [6, 6.07) is 11.4. The molecule has 0 aliphatic rings. The molecule has 12 heteroatoms. The summed E-state index contributed by atoms with van der Waals surface area (Å²) in [5.41, 5.74) is 0.236. The van der Waals surface area contributed by atoms with Gasteiger partial charge in [0.15, 0.2) is 0 Å². The number of anilines is 4. The lowest BCUT2D eigenvalue weighted by atomic mass is 10.2. The van der Waals surface area contributed by atoms with E-state index in [1.54, 1.807) is 42.5 Å². The average molecular weight is 459 g/mol. The van der Waals surface area contributed by atoms with E-state index >= 15 is 0 Å². The highest BCUT2D eigenvalue weighted by Gasteiger charge is 2.35. The second kappa shape index (κ2) is 10.4. The highest BCUT2D eigenvalue weighted by molar-refractivity contribution is 6.02. The van der Waals surface area contributed by atoms with Crippen LogP contribution in [0.3, 0.4) is 0 Å². The zero-order chi connectivity index (χ0) is 23.8. The lowest BCUT2D eigenvalue weighted by Gasteiger charge is -2.15. The van der Waals surface area contributed by atoms with Crippen LogP contribution in [-0.4, -0.2) is 39.9 Å². The third-order valence-electron chi connectivity index (χ3n) is 4.18. The van der Waals surface area contributed by atoms with Crippen LogP contribution in [0.2, 0.25) is 0 Å². The fraction of sp³-hybridized carbons (Fsp3) is 0.190. The van der Waals surface area contributed by atoms with Gasteiger partial charge in [0.25, 0.3) is 5.91 Å². The smallest absolute Gasteiger partial charge is 0.368 e. The van der Waals surface area contributed by atoms with Gasteiger partial charge < -0.3 is 21.3 Å². The largest absolute Gasteiger partial charge is 0.421 e. The Kier molecular flexibility index (Phi) is 7.38. The number of alkyl halides is 3. The molecule has 2 heterocycles. The van der Waals surface area contributed by atoms with E-state index in [1.807, 2.05) is 0 Å². The first kappa shape index (κ1) is 23.4. The molecule has 0 aliphatic carbocycles. The van der Waals surface area contributed by atoms with E-state index in [0.29, 0.717) is 17.6 Å². The summed E-state index contributed by atoms with van der Waals surface area (Å²) >= 11 is 0. The minimum atomic E-state index is -4.65. The van der Waals surface area contributed by atoms with Gasteiger partial charge >= 0.3 is 6.18 Å². The SMILES string of the molecule is CC(=O)NCCNc1nc(Nc2ccc(NC(=O)c3ccccn3)cc2)ncc1C(F)(F)F. The highest BCUT2D eigenvalue weighted by atomic mass is 19.4. The zero-order valence-electron chi connectivity index (χ0n) is 17.4. The van der Waals surface area contributed by atoms with Gasteiger partial charge in [0.1, 0.15) is 17.1 Å². The van der Waals surface area contributed by atoms with Gasteiger partial charge in [-0.05, 0) is 36.4 Å². The summed E-state index contributed by atoms with van der Waals surface area (Å²) in [5, 5.41) is 10.6. The molecule has 4 N–H and O–H groups in total. The van der Waals surface area contributed by atoms with Gasteiger partial charge in [-0.25, -0.2) is 4.98 Å². The summed E-state index contributed by atoms with van der Waals surface area (Å²) in [6.07, 6.45) is -2.46. The summed E-state index contributed by atoms with van der Waals surface area (Å²) < 4.78 is 39.8. The second-order valence-electron chi connectivity index (χ2n) is 6.73. The van der Waals surface area contributed by atoms with Crippen LogP contribution in [0.5, 0.6) is 0 Å². The van der Waals surface area contributed by atoms with Gasteiger partial charge in [-0.2, -0.15) is 18.2 Å². The molecule has 0 aliphatic heterocycles. The van der Waals surface area contributed by atoms with E-state index in [9.17, 15) is 22.8 Å². The molecule has 0 saturated carbocycles. The molecule has 0 spiro atoms. The maximum atomic E-state index is 13.3. The van der Waals surface area contributed by atoms with Crippen molar-refractivity contribution in [2.75, 3.05) is 29.0 Å². The van der Waals surface area contributed by atoms with Crippen LogP contribution in [0.25, 0.3) is 0 Å². The number of hydrogen-bond donors (Lipinski definition) is 4. The third kappa shape index (κ3) is 6.89. The molecule has 9 nitrogen and oxygen atoms in total. The van der Waals surface area contributed by atoms with Crippen molar-refractivity contribution >= 4 is 35.0 Å². The van der Waals surface area contributed by atoms with Crippen molar-refractivity contribution in [1.82, 2.24) is 20.3 Å². The minimum Gasteiger partial charge on any atom is -0.368 e. The Hall–Kier alpha value is -4.22. The molecular weight excluding hydrogens is 439 g/mol. The molecular formula is C21H20F3N7O2. The van der Waals surface area contributed by atoms with E-state index < -0.39 is 17.6 Å². The minimum absolute atomic E-state index is 0.0454. The van der Waals surface area contributed by atoms with Crippen LogP contribution in [0.15, 0.2) is 54.9 Å². The number of rotatable bonds is 8. The first-order chi connectivity index (χ1) is 15.7. The van der Waals surface area contributed by atoms with E-state index in [0.717, 1.165) is 0 Å². The number of carbonyl (C=O) groups excluding carboxylic acids is 2. The molecule has 33 heavy (non-hydrogen) atoms. The highest BCUT2D eigenvalue weighted by Crippen LogP contribution is 2.34. The normalized spacial score (nSPS) is 10.9. The molecule has 172 valence electrons. The standard InChI is InChI=1S/C21H20F3N7O2/c1-13(32)25-10-11-27-18-16(21(22,23)24)12-28-20(31-18)30-15-7-5-14(6-8-15)29-19(33)17-4-2-3-9-26-17/h2-9,12H,10-11H2,1H3,(H,25,32)(H,29,33)(H2,27,28,30,31). The Morgan fingerprint density at radius 3 is 2.33 bits per heavy atom. The van der Waals surface area contributed by atoms with Crippen molar-refractivity contribution in [3.63, 3.8) is 0 Å². The van der Waals surface area contributed by atoms with E-state index in [4.69, 9.17) is 0 Å². The Balaban J connectivity index is 1.68. The first-order valence-electron chi connectivity index (χ1n) is 9.74. The molecule has 3 rings (SSSR count). The fourth-order valence-electron chi connectivity index (χ4n) is 2.66. The number of carbonyl (C=O) groups is 2. The molecule has 1 aromatic carbocycles. The predicted molar refractivity (Wildman–Crippen MR) is 116 cm³/mol. The number of pyridine rings is 1. The molecule has 2 amide bonds. The van der Waals surface area contributed by atoms with Crippen LogP contribution in [-0.2, 0) is 11.0 Å². The number of hydrogen-bond acceptors (Lipinski definition) is 7. The predicted octanol–water partition coefficient (Wildman–Crippen LogP) is 3.43. The topological polar surface area (TPSA) is 121 Å². The Morgan fingerprint density at radius 1 is 0.970 bits per heavy atom. The molecule has 0 bridgehead atoms. The monoisotopic (exact) mass is 459 g/mol. The van der Waals surface area contributed by atoms with Crippen molar-refractivity contribution in [1.29, 1.82) is 0 Å². The van der Waals surface area contributed by atoms with Crippen LogP contribution < -0.4 is 21.3 Å². The van der Waals surface area contributed by atoms with Crippen LogP contribution >= 0.6 is 0 Å². The number of nitrogens with zero attached hydrogens (tertiary/aromatic N) is 3. The molecule has 0 saturated heterocycles. The van der Waals surface area contributed by atoms with Gasteiger partial charge in [-0.1, -0.05) is 6.07 Å². The number of nitrogens with one attached hydrogen (secondary N) is 4. The number of halogens is 3. The molecule has 0 fully saturated rings. The van der Waals surface area contributed by atoms with Crippen LogP contribution in [0.4, 0.5) is 36.3 Å². The van der Waals surface area contributed by atoms with Crippen molar-refractivity contribution in [2.24, 2.45) is 0 Å². The summed E-state index contributed by atoms with van der Waals surface area (Å²) in [5.74, 6) is -1.14. The Labute approximate surface area is 186 Å². The van der Waals surface area contributed by atoms with Crippen LogP contribution in [0, 0.1) is 0 Å². The van der Waals surface area contributed by atoms with E-state index in [1.165, 1.54) is 13.1 Å². The summed E-state index contributed by atoms with van der Waals surface area (Å²) in [4.78, 5) is 34.7. The Morgan fingerprint density at radius 2 is 1.70 bits per heavy atom.